The summed E-state index contributed by atoms with van der Waals surface area (Å²) in [5.41, 5.74) is 0. The third-order valence-electron chi connectivity index (χ3n) is 4.23. The average molecular weight is 225 g/mol. The van der Waals surface area contributed by atoms with Crippen LogP contribution in [-0.4, -0.2) is 35.2 Å². The molecule has 16 heavy (non-hydrogen) atoms. The molecule has 0 bridgehead atoms. The Labute approximate surface area is 100 Å². The summed E-state index contributed by atoms with van der Waals surface area (Å²) in [5.74, 6) is 0.600. The highest BCUT2D eigenvalue weighted by Gasteiger charge is 2.32. The van der Waals surface area contributed by atoms with Gasteiger partial charge < -0.3 is 5.11 Å². The minimum atomic E-state index is -0.0556. The quantitative estimate of drug-likeness (QED) is 0.720. The van der Waals surface area contributed by atoms with Crippen LogP contribution in [0, 0.1) is 5.92 Å². The van der Waals surface area contributed by atoms with E-state index in [1.165, 1.54) is 57.9 Å². The number of hydrogen-bond acceptors (Lipinski definition) is 2. The molecule has 2 rings (SSSR count). The lowest BCUT2D eigenvalue weighted by Crippen LogP contribution is -2.38. The number of nitrogens with zero attached hydrogens (tertiary/aromatic N) is 1. The summed E-state index contributed by atoms with van der Waals surface area (Å²) in [4.78, 5) is 2.55. The second kappa shape index (κ2) is 6.02. The first kappa shape index (κ1) is 12.4. The maximum atomic E-state index is 10.3. The Hall–Kier alpha value is -0.0800. The Morgan fingerprint density at radius 1 is 1.19 bits per heavy atom. The smallest absolute Gasteiger partial charge is 0.0695 e. The molecule has 0 amide bonds. The Morgan fingerprint density at radius 2 is 1.88 bits per heavy atom. The van der Waals surface area contributed by atoms with Crippen molar-refractivity contribution in [1.82, 2.24) is 4.90 Å². The van der Waals surface area contributed by atoms with Crippen LogP contribution < -0.4 is 0 Å². The molecule has 0 aromatic carbocycles. The molecule has 0 radical (unpaired) electrons. The van der Waals surface area contributed by atoms with Crippen molar-refractivity contribution in [3.8, 4) is 0 Å². The van der Waals surface area contributed by atoms with Gasteiger partial charge in [-0.25, -0.2) is 0 Å². The van der Waals surface area contributed by atoms with Crippen LogP contribution in [0.3, 0.4) is 0 Å². The van der Waals surface area contributed by atoms with Gasteiger partial charge in [-0.1, -0.05) is 26.2 Å². The third-order valence-corrected chi connectivity index (χ3v) is 4.23. The highest BCUT2D eigenvalue weighted by atomic mass is 16.3. The van der Waals surface area contributed by atoms with Crippen LogP contribution in [0.4, 0.5) is 0 Å². The van der Waals surface area contributed by atoms with Gasteiger partial charge in [-0.15, -0.1) is 0 Å². The monoisotopic (exact) mass is 225 g/mol. The van der Waals surface area contributed by atoms with E-state index in [0.717, 1.165) is 12.6 Å². The summed E-state index contributed by atoms with van der Waals surface area (Å²) >= 11 is 0. The standard InChI is InChI=1S/C14H27NO/c1-2-3-10-15(13-8-9-13)11-14(16)12-6-4-5-7-12/h12-14,16H,2-11H2,1H3. The van der Waals surface area contributed by atoms with E-state index < -0.39 is 0 Å². The number of aliphatic hydroxyl groups excluding tert-OH is 1. The fourth-order valence-electron chi connectivity index (χ4n) is 2.96. The van der Waals surface area contributed by atoms with Gasteiger partial charge in [0.05, 0.1) is 6.10 Å². The normalized spacial score (nSPS) is 24.2. The molecule has 0 saturated heterocycles. The first-order valence-corrected chi connectivity index (χ1v) is 7.23. The lowest BCUT2D eigenvalue weighted by Gasteiger charge is -2.27. The molecule has 2 aliphatic rings. The van der Waals surface area contributed by atoms with E-state index in [1.54, 1.807) is 0 Å². The van der Waals surface area contributed by atoms with Gasteiger partial charge in [-0.3, -0.25) is 4.90 Å². The van der Waals surface area contributed by atoms with Gasteiger partial charge >= 0.3 is 0 Å². The van der Waals surface area contributed by atoms with Crippen LogP contribution in [0.1, 0.15) is 58.3 Å². The summed E-state index contributed by atoms with van der Waals surface area (Å²) in [6.07, 6.45) is 10.4. The maximum absolute atomic E-state index is 10.3. The zero-order valence-electron chi connectivity index (χ0n) is 10.7. The van der Waals surface area contributed by atoms with Crippen LogP contribution in [-0.2, 0) is 0 Å². The molecular formula is C14H27NO. The molecule has 2 fully saturated rings. The number of unbranched alkanes of at least 4 members (excludes halogenated alkanes) is 1. The van der Waals surface area contributed by atoms with Crippen molar-refractivity contribution in [1.29, 1.82) is 0 Å². The van der Waals surface area contributed by atoms with E-state index in [0.29, 0.717) is 5.92 Å². The molecule has 2 saturated carbocycles. The molecule has 1 atom stereocenters. The molecule has 2 heteroatoms. The Bertz CT molecular complexity index is 197. The van der Waals surface area contributed by atoms with Crippen LogP contribution in [0.2, 0.25) is 0 Å². The number of hydrogen-bond donors (Lipinski definition) is 1. The second-order valence-electron chi connectivity index (χ2n) is 5.69. The van der Waals surface area contributed by atoms with Crippen molar-refractivity contribution >= 4 is 0 Å². The van der Waals surface area contributed by atoms with Gasteiger partial charge in [0, 0.05) is 12.6 Å². The summed E-state index contributed by atoms with van der Waals surface area (Å²) < 4.78 is 0. The lowest BCUT2D eigenvalue weighted by atomic mass is 10.0. The summed E-state index contributed by atoms with van der Waals surface area (Å²) in [5, 5.41) is 10.3. The fraction of sp³-hybridized carbons (Fsp3) is 1.00. The number of aliphatic hydroxyl groups is 1. The molecule has 0 aromatic rings. The molecule has 0 aliphatic heterocycles. The topological polar surface area (TPSA) is 23.5 Å². The van der Waals surface area contributed by atoms with Gasteiger partial charge in [0.25, 0.3) is 0 Å². The zero-order valence-corrected chi connectivity index (χ0v) is 10.7. The Balaban J connectivity index is 1.74. The predicted octanol–water partition coefficient (Wildman–Crippen LogP) is 2.80. The van der Waals surface area contributed by atoms with Crippen LogP contribution in [0.25, 0.3) is 0 Å². The van der Waals surface area contributed by atoms with Gasteiger partial charge in [0.15, 0.2) is 0 Å². The van der Waals surface area contributed by atoms with E-state index in [4.69, 9.17) is 0 Å². The van der Waals surface area contributed by atoms with Crippen molar-refractivity contribution in [2.75, 3.05) is 13.1 Å². The van der Waals surface area contributed by atoms with Crippen molar-refractivity contribution < 1.29 is 5.11 Å². The van der Waals surface area contributed by atoms with Gasteiger partial charge in [0.1, 0.15) is 0 Å². The molecule has 2 nitrogen and oxygen atoms in total. The van der Waals surface area contributed by atoms with E-state index in [-0.39, 0.29) is 6.10 Å². The predicted molar refractivity (Wildman–Crippen MR) is 67.5 cm³/mol. The summed E-state index contributed by atoms with van der Waals surface area (Å²) in [6.45, 7) is 4.39. The highest BCUT2D eigenvalue weighted by molar-refractivity contribution is 4.87. The SMILES string of the molecule is CCCCN(CC(O)C1CCCC1)C1CC1. The molecule has 0 heterocycles. The fourth-order valence-corrected chi connectivity index (χ4v) is 2.96. The third kappa shape index (κ3) is 3.46. The lowest BCUT2D eigenvalue weighted by molar-refractivity contribution is 0.0620. The molecule has 0 aromatic heterocycles. The van der Waals surface area contributed by atoms with Crippen molar-refractivity contribution in [2.24, 2.45) is 5.92 Å². The Morgan fingerprint density at radius 3 is 2.44 bits per heavy atom. The first-order chi connectivity index (χ1) is 7.81. The van der Waals surface area contributed by atoms with Crippen molar-refractivity contribution in [3.63, 3.8) is 0 Å². The van der Waals surface area contributed by atoms with E-state index in [1.807, 2.05) is 0 Å². The average Bonchev–Trinajstić information content (AvgIpc) is 2.98. The molecule has 94 valence electrons. The molecule has 2 aliphatic carbocycles. The molecule has 1 N–H and O–H groups in total. The summed E-state index contributed by atoms with van der Waals surface area (Å²) in [6, 6.07) is 0.808. The highest BCUT2D eigenvalue weighted by Crippen LogP contribution is 2.31. The van der Waals surface area contributed by atoms with Crippen LogP contribution >= 0.6 is 0 Å². The Kier molecular flexibility index (Phi) is 4.66. The zero-order chi connectivity index (χ0) is 11.4. The van der Waals surface area contributed by atoms with Gasteiger partial charge in [-0.05, 0) is 44.6 Å². The van der Waals surface area contributed by atoms with E-state index >= 15 is 0 Å². The maximum Gasteiger partial charge on any atom is 0.0695 e. The van der Waals surface area contributed by atoms with E-state index in [9.17, 15) is 5.11 Å². The minimum Gasteiger partial charge on any atom is -0.392 e. The molecular weight excluding hydrogens is 198 g/mol. The molecule has 1 unspecified atom stereocenters. The van der Waals surface area contributed by atoms with Gasteiger partial charge in [0.2, 0.25) is 0 Å². The van der Waals surface area contributed by atoms with Crippen LogP contribution in [0.5, 0.6) is 0 Å². The van der Waals surface area contributed by atoms with Gasteiger partial charge in [-0.2, -0.15) is 0 Å². The van der Waals surface area contributed by atoms with Crippen LogP contribution in [0.15, 0.2) is 0 Å². The second-order valence-corrected chi connectivity index (χ2v) is 5.69. The van der Waals surface area contributed by atoms with E-state index in [2.05, 4.69) is 11.8 Å². The summed E-state index contributed by atoms with van der Waals surface area (Å²) in [7, 11) is 0. The molecule has 0 spiro atoms. The first-order valence-electron chi connectivity index (χ1n) is 7.23. The number of rotatable bonds is 7. The largest absolute Gasteiger partial charge is 0.392 e. The van der Waals surface area contributed by atoms with Crippen molar-refractivity contribution in [2.45, 2.75) is 70.4 Å². The minimum absolute atomic E-state index is 0.0556. The van der Waals surface area contributed by atoms with Crippen molar-refractivity contribution in [3.05, 3.63) is 0 Å².